The van der Waals surface area contributed by atoms with Crippen LogP contribution < -0.4 is 10.1 Å². The van der Waals surface area contributed by atoms with Gasteiger partial charge in [-0.05, 0) is 24.5 Å². The molecular weight excluding hydrogens is 264 g/mol. The van der Waals surface area contributed by atoms with Crippen LogP contribution in [-0.2, 0) is 11.3 Å². The van der Waals surface area contributed by atoms with Crippen molar-refractivity contribution in [1.29, 1.82) is 0 Å². The largest absolute Gasteiger partial charge is 0.472 e. The summed E-state index contributed by atoms with van der Waals surface area (Å²) in [5.74, 6) is 0.719. The standard InChI is InChI=1S/C17H20N2O2/c1-2-4-16-15(3-1)12(10-18-13-5-6-13)9-17(19-16)21-14-7-8-20-11-14/h1-4,9,13-14,18H,5-8,10-11H2. The highest BCUT2D eigenvalue weighted by Gasteiger charge is 2.21. The van der Waals surface area contributed by atoms with E-state index < -0.39 is 0 Å². The minimum Gasteiger partial charge on any atom is -0.472 e. The summed E-state index contributed by atoms with van der Waals surface area (Å²) in [6.07, 6.45) is 3.68. The van der Waals surface area contributed by atoms with Crippen LogP contribution in [0, 0.1) is 0 Å². The Hall–Kier alpha value is -1.65. The monoisotopic (exact) mass is 284 g/mol. The smallest absolute Gasteiger partial charge is 0.214 e. The van der Waals surface area contributed by atoms with Gasteiger partial charge in [0.15, 0.2) is 0 Å². The van der Waals surface area contributed by atoms with E-state index >= 15 is 0 Å². The van der Waals surface area contributed by atoms with Gasteiger partial charge in [-0.3, -0.25) is 0 Å². The lowest BCUT2D eigenvalue weighted by atomic mass is 10.1. The van der Waals surface area contributed by atoms with Gasteiger partial charge < -0.3 is 14.8 Å². The van der Waals surface area contributed by atoms with E-state index in [1.54, 1.807) is 0 Å². The molecule has 1 aliphatic heterocycles. The second kappa shape index (κ2) is 5.62. The summed E-state index contributed by atoms with van der Waals surface area (Å²) >= 11 is 0. The maximum Gasteiger partial charge on any atom is 0.214 e. The van der Waals surface area contributed by atoms with Crippen molar-refractivity contribution >= 4 is 10.9 Å². The van der Waals surface area contributed by atoms with E-state index in [2.05, 4.69) is 28.5 Å². The van der Waals surface area contributed by atoms with E-state index in [-0.39, 0.29) is 6.10 Å². The Balaban J connectivity index is 1.62. The SMILES string of the molecule is c1ccc2c(CNC3CC3)cc(OC3CCOC3)nc2c1. The number of hydrogen-bond donors (Lipinski definition) is 1. The van der Waals surface area contributed by atoms with Gasteiger partial charge in [-0.1, -0.05) is 18.2 Å². The van der Waals surface area contributed by atoms with Gasteiger partial charge in [0.25, 0.3) is 0 Å². The fourth-order valence-electron chi connectivity index (χ4n) is 2.75. The third-order valence-corrected chi connectivity index (χ3v) is 4.11. The molecule has 0 bridgehead atoms. The van der Waals surface area contributed by atoms with Crippen LogP contribution in [0.15, 0.2) is 30.3 Å². The second-order valence-corrected chi connectivity index (χ2v) is 5.90. The van der Waals surface area contributed by atoms with Gasteiger partial charge in [0.05, 0.1) is 18.7 Å². The molecule has 4 heteroatoms. The van der Waals surface area contributed by atoms with Crippen LogP contribution in [0.2, 0.25) is 0 Å². The Morgan fingerprint density at radius 2 is 2.14 bits per heavy atom. The zero-order valence-electron chi connectivity index (χ0n) is 12.0. The van der Waals surface area contributed by atoms with Crippen molar-refractivity contribution < 1.29 is 9.47 Å². The number of rotatable bonds is 5. The minimum absolute atomic E-state index is 0.142. The molecule has 1 aliphatic carbocycles. The van der Waals surface area contributed by atoms with Crippen LogP contribution in [0.4, 0.5) is 0 Å². The van der Waals surface area contributed by atoms with E-state index in [1.807, 2.05) is 12.1 Å². The Kier molecular flexibility index (Phi) is 3.49. The maximum atomic E-state index is 5.98. The summed E-state index contributed by atoms with van der Waals surface area (Å²) in [5, 5.41) is 4.79. The van der Waals surface area contributed by atoms with Gasteiger partial charge >= 0.3 is 0 Å². The highest BCUT2D eigenvalue weighted by molar-refractivity contribution is 5.82. The molecule has 21 heavy (non-hydrogen) atoms. The summed E-state index contributed by atoms with van der Waals surface area (Å²) in [4.78, 5) is 4.64. The van der Waals surface area contributed by atoms with Gasteiger partial charge in [0.1, 0.15) is 6.10 Å². The van der Waals surface area contributed by atoms with Crippen molar-refractivity contribution in [2.75, 3.05) is 13.2 Å². The summed E-state index contributed by atoms with van der Waals surface area (Å²) in [6.45, 7) is 2.34. The third-order valence-electron chi connectivity index (χ3n) is 4.11. The highest BCUT2D eigenvalue weighted by atomic mass is 16.5. The van der Waals surface area contributed by atoms with Crippen molar-refractivity contribution in [2.24, 2.45) is 0 Å². The average Bonchev–Trinajstić information content (AvgIpc) is 3.21. The first-order valence-corrected chi connectivity index (χ1v) is 7.75. The molecule has 1 aromatic carbocycles. The predicted molar refractivity (Wildman–Crippen MR) is 81.5 cm³/mol. The van der Waals surface area contributed by atoms with Crippen molar-refractivity contribution in [2.45, 2.75) is 38.0 Å². The van der Waals surface area contributed by atoms with Gasteiger partial charge in [-0.15, -0.1) is 0 Å². The Bertz CT molecular complexity index is 634. The lowest BCUT2D eigenvalue weighted by molar-refractivity contribution is 0.138. The van der Waals surface area contributed by atoms with E-state index in [1.165, 1.54) is 23.8 Å². The van der Waals surface area contributed by atoms with Crippen molar-refractivity contribution in [3.05, 3.63) is 35.9 Å². The summed E-state index contributed by atoms with van der Waals surface area (Å²) < 4.78 is 11.4. The molecule has 2 heterocycles. The molecule has 1 atom stereocenters. The number of nitrogens with zero attached hydrogens (tertiary/aromatic N) is 1. The molecule has 1 aromatic heterocycles. The van der Waals surface area contributed by atoms with Crippen molar-refractivity contribution in [1.82, 2.24) is 10.3 Å². The van der Waals surface area contributed by atoms with Crippen molar-refractivity contribution in [3.63, 3.8) is 0 Å². The molecule has 2 aliphatic rings. The summed E-state index contributed by atoms with van der Waals surface area (Å²) in [5.41, 5.74) is 2.27. The molecular formula is C17H20N2O2. The molecule has 2 fully saturated rings. The lowest BCUT2D eigenvalue weighted by Crippen LogP contribution is -2.18. The molecule has 0 spiro atoms. The van der Waals surface area contributed by atoms with Gasteiger partial charge in [0, 0.05) is 30.5 Å². The minimum atomic E-state index is 0.142. The molecule has 1 saturated heterocycles. The topological polar surface area (TPSA) is 43.4 Å². The number of hydrogen-bond acceptors (Lipinski definition) is 4. The predicted octanol–water partition coefficient (Wildman–Crippen LogP) is 2.65. The number of ether oxygens (including phenoxy) is 2. The average molecular weight is 284 g/mol. The van der Waals surface area contributed by atoms with E-state index in [4.69, 9.17) is 9.47 Å². The first-order chi connectivity index (χ1) is 10.4. The number of fused-ring (bicyclic) bond motifs is 1. The molecule has 110 valence electrons. The molecule has 1 saturated carbocycles. The van der Waals surface area contributed by atoms with Crippen LogP contribution in [0.3, 0.4) is 0 Å². The molecule has 0 amide bonds. The van der Waals surface area contributed by atoms with E-state index in [0.29, 0.717) is 12.6 Å². The van der Waals surface area contributed by atoms with Crippen LogP contribution in [0.5, 0.6) is 5.88 Å². The quantitative estimate of drug-likeness (QED) is 0.916. The van der Waals surface area contributed by atoms with Crippen LogP contribution >= 0.6 is 0 Å². The normalized spacial score (nSPS) is 21.8. The number of para-hydroxylation sites is 1. The van der Waals surface area contributed by atoms with Crippen LogP contribution in [0.1, 0.15) is 24.8 Å². The Morgan fingerprint density at radius 3 is 2.95 bits per heavy atom. The third kappa shape index (κ3) is 3.01. The molecule has 0 radical (unpaired) electrons. The molecule has 2 aromatic rings. The van der Waals surface area contributed by atoms with Gasteiger partial charge in [0.2, 0.25) is 5.88 Å². The number of nitrogens with one attached hydrogen (secondary N) is 1. The molecule has 1 unspecified atom stereocenters. The zero-order valence-corrected chi connectivity index (χ0v) is 12.0. The van der Waals surface area contributed by atoms with Gasteiger partial charge in [-0.25, -0.2) is 4.98 Å². The van der Waals surface area contributed by atoms with Crippen molar-refractivity contribution in [3.8, 4) is 5.88 Å². The zero-order chi connectivity index (χ0) is 14.1. The lowest BCUT2D eigenvalue weighted by Gasteiger charge is -2.14. The fourth-order valence-corrected chi connectivity index (χ4v) is 2.75. The van der Waals surface area contributed by atoms with E-state index in [9.17, 15) is 0 Å². The van der Waals surface area contributed by atoms with E-state index in [0.717, 1.165) is 31.0 Å². The number of aromatic nitrogens is 1. The highest BCUT2D eigenvalue weighted by Crippen LogP contribution is 2.25. The van der Waals surface area contributed by atoms with Gasteiger partial charge in [-0.2, -0.15) is 0 Å². The molecule has 4 nitrogen and oxygen atoms in total. The Labute approximate surface area is 124 Å². The first-order valence-electron chi connectivity index (χ1n) is 7.75. The Morgan fingerprint density at radius 1 is 1.24 bits per heavy atom. The first kappa shape index (κ1) is 13.0. The fraction of sp³-hybridized carbons (Fsp3) is 0.471. The second-order valence-electron chi connectivity index (χ2n) is 5.90. The number of benzene rings is 1. The summed E-state index contributed by atoms with van der Waals surface area (Å²) in [6, 6.07) is 11.1. The maximum absolute atomic E-state index is 5.98. The van der Waals surface area contributed by atoms with Crippen LogP contribution in [-0.4, -0.2) is 30.3 Å². The van der Waals surface area contributed by atoms with Crippen LogP contribution in [0.25, 0.3) is 10.9 Å². The summed E-state index contributed by atoms with van der Waals surface area (Å²) in [7, 11) is 0. The molecule has 4 rings (SSSR count). The number of pyridine rings is 1. The molecule has 1 N–H and O–H groups in total.